The summed E-state index contributed by atoms with van der Waals surface area (Å²) >= 11 is 2.91. The van der Waals surface area contributed by atoms with Gasteiger partial charge in [-0.05, 0) is 13.3 Å². The van der Waals surface area contributed by atoms with E-state index in [9.17, 15) is 0 Å². The summed E-state index contributed by atoms with van der Waals surface area (Å²) < 4.78 is 9.57. The monoisotopic (exact) mass is 217 g/mol. The third-order valence-corrected chi connectivity index (χ3v) is 3.96. The normalized spacial score (nSPS) is 28.1. The molecule has 4 nitrogen and oxygen atoms in total. The first-order valence-electron chi connectivity index (χ1n) is 4.13. The minimum Gasteiger partial charge on any atom is -0.377 e. The summed E-state index contributed by atoms with van der Waals surface area (Å²) in [6.07, 6.45) is 1.38. The van der Waals surface area contributed by atoms with Crippen LogP contribution in [0.15, 0.2) is 5.16 Å². The Morgan fingerprint density at radius 3 is 3.08 bits per heavy atom. The van der Waals surface area contributed by atoms with Gasteiger partial charge in [0, 0.05) is 23.4 Å². The third kappa shape index (κ3) is 2.12. The molecule has 1 fully saturated rings. The summed E-state index contributed by atoms with van der Waals surface area (Å²) in [5.74, 6) is 0. The van der Waals surface area contributed by atoms with Crippen molar-refractivity contribution < 1.29 is 4.74 Å². The van der Waals surface area contributed by atoms with Gasteiger partial charge in [-0.3, -0.25) is 0 Å². The van der Waals surface area contributed by atoms with Gasteiger partial charge in [-0.25, -0.2) is 0 Å². The predicted octanol–water partition coefficient (Wildman–Crippen LogP) is 1.39. The van der Waals surface area contributed by atoms with Gasteiger partial charge in [-0.15, -0.1) is 0 Å². The Balaban J connectivity index is 1.97. The summed E-state index contributed by atoms with van der Waals surface area (Å²) in [5.41, 5.74) is 5.49. The van der Waals surface area contributed by atoms with Crippen molar-refractivity contribution in [3.63, 3.8) is 0 Å². The fraction of sp³-hybridized carbons (Fsp3) is 0.714. The lowest BCUT2D eigenvalue weighted by Gasteiger charge is -2.10. The first-order valence-corrected chi connectivity index (χ1v) is 5.78. The van der Waals surface area contributed by atoms with E-state index in [1.165, 1.54) is 11.5 Å². The molecule has 1 aliphatic heterocycles. The van der Waals surface area contributed by atoms with Crippen LogP contribution in [0.4, 0.5) is 5.13 Å². The van der Waals surface area contributed by atoms with Crippen molar-refractivity contribution in [3.05, 3.63) is 0 Å². The van der Waals surface area contributed by atoms with Crippen LogP contribution >= 0.6 is 23.3 Å². The zero-order chi connectivity index (χ0) is 9.26. The molecule has 2 N–H and O–H groups in total. The molecule has 2 rings (SSSR count). The lowest BCUT2D eigenvalue weighted by atomic mass is 10.3. The molecule has 0 bridgehead atoms. The molecule has 2 atom stereocenters. The van der Waals surface area contributed by atoms with E-state index in [1.54, 1.807) is 11.8 Å². The summed E-state index contributed by atoms with van der Waals surface area (Å²) in [6.45, 7) is 2.93. The van der Waals surface area contributed by atoms with Crippen molar-refractivity contribution in [1.29, 1.82) is 0 Å². The highest BCUT2D eigenvalue weighted by Gasteiger charge is 2.26. The van der Waals surface area contributed by atoms with E-state index in [2.05, 4.69) is 16.3 Å². The second kappa shape index (κ2) is 3.81. The lowest BCUT2D eigenvalue weighted by molar-refractivity contribution is 0.127. The van der Waals surface area contributed by atoms with Gasteiger partial charge in [0.05, 0.1) is 6.10 Å². The topological polar surface area (TPSA) is 61.0 Å². The van der Waals surface area contributed by atoms with Crippen LogP contribution in [0.1, 0.15) is 13.3 Å². The maximum absolute atomic E-state index is 5.49. The number of ether oxygens (including phenoxy) is 1. The van der Waals surface area contributed by atoms with Gasteiger partial charge in [-0.2, -0.15) is 9.36 Å². The molecule has 72 valence electrons. The van der Waals surface area contributed by atoms with E-state index in [4.69, 9.17) is 10.5 Å². The Kier molecular flexibility index (Phi) is 2.71. The summed E-state index contributed by atoms with van der Waals surface area (Å²) in [4.78, 5) is 4.10. The summed E-state index contributed by atoms with van der Waals surface area (Å²) in [5, 5.41) is 1.80. The lowest BCUT2D eigenvalue weighted by Crippen LogP contribution is -2.13. The van der Waals surface area contributed by atoms with Crippen LogP contribution in [-0.4, -0.2) is 27.3 Å². The number of nitrogen functional groups attached to an aromatic ring is 1. The van der Waals surface area contributed by atoms with Crippen LogP contribution in [0.25, 0.3) is 0 Å². The molecule has 0 radical (unpaired) electrons. The molecule has 2 heterocycles. The fourth-order valence-electron chi connectivity index (χ4n) is 1.27. The van der Waals surface area contributed by atoms with Gasteiger partial charge < -0.3 is 10.5 Å². The van der Waals surface area contributed by atoms with Gasteiger partial charge in [-0.1, -0.05) is 11.8 Å². The van der Waals surface area contributed by atoms with Crippen molar-refractivity contribution in [2.24, 2.45) is 0 Å². The Morgan fingerprint density at radius 2 is 2.54 bits per heavy atom. The Bertz CT molecular complexity index is 291. The zero-order valence-electron chi connectivity index (χ0n) is 7.27. The molecule has 0 aliphatic carbocycles. The Hall–Kier alpha value is -0.330. The highest BCUT2D eigenvalue weighted by molar-refractivity contribution is 7.99. The van der Waals surface area contributed by atoms with E-state index in [1.807, 2.05) is 0 Å². The number of nitrogens with two attached hydrogens (primary N) is 1. The van der Waals surface area contributed by atoms with Gasteiger partial charge in [0.2, 0.25) is 10.3 Å². The quantitative estimate of drug-likeness (QED) is 0.811. The minimum atomic E-state index is 0.301. The standard InChI is InChI=1S/C7H11N3OS2/c1-4-5(2-3-11-4)12-7-9-6(8)13-10-7/h4-5H,2-3H2,1H3,(H2,8,9,10). The van der Waals surface area contributed by atoms with E-state index < -0.39 is 0 Å². The van der Waals surface area contributed by atoms with E-state index >= 15 is 0 Å². The highest BCUT2D eigenvalue weighted by Crippen LogP contribution is 2.31. The third-order valence-electron chi connectivity index (χ3n) is 1.99. The molecule has 0 saturated carbocycles. The molecule has 6 heteroatoms. The maximum Gasteiger partial charge on any atom is 0.202 e. The van der Waals surface area contributed by atoms with Gasteiger partial charge in [0.15, 0.2) is 0 Å². The van der Waals surface area contributed by atoms with Crippen molar-refractivity contribution >= 4 is 28.4 Å². The average molecular weight is 217 g/mol. The maximum atomic E-state index is 5.49. The smallest absolute Gasteiger partial charge is 0.202 e. The number of hydrogen-bond donors (Lipinski definition) is 1. The summed E-state index contributed by atoms with van der Waals surface area (Å²) in [7, 11) is 0. The fourth-order valence-corrected chi connectivity index (χ4v) is 2.86. The molecule has 1 aromatic heterocycles. The first kappa shape index (κ1) is 9.23. The molecule has 0 aromatic carbocycles. The molecule has 1 aliphatic rings. The molecule has 0 amide bonds. The number of thioether (sulfide) groups is 1. The largest absolute Gasteiger partial charge is 0.377 e. The molecule has 1 saturated heterocycles. The molecule has 0 spiro atoms. The van der Waals surface area contributed by atoms with E-state index in [0.29, 0.717) is 16.5 Å². The molecular weight excluding hydrogens is 206 g/mol. The number of nitrogens with zero attached hydrogens (tertiary/aromatic N) is 2. The predicted molar refractivity (Wildman–Crippen MR) is 54.0 cm³/mol. The van der Waals surface area contributed by atoms with Crippen molar-refractivity contribution in [2.75, 3.05) is 12.3 Å². The van der Waals surface area contributed by atoms with E-state index in [-0.39, 0.29) is 0 Å². The SMILES string of the molecule is CC1OCCC1Sc1nsc(N)n1. The Morgan fingerprint density at radius 1 is 1.69 bits per heavy atom. The molecule has 2 unspecified atom stereocenters. The molecular formula is C7H11N3OS2. The first-order chi connectivity index (χ1) is 6.25. The van der Waals surface area contributed by atoms with Crippen LogP contribution in [0.3, 0.4) is 0 Å². The second-order valence-corrected chi connectivity index (χ2v) is 4.93. The van der Waals surface area contributed by atoms with Gasteiger partial charge >= 0.3 is 0 Å². The number of anilines is 1. The van der Waals surface area contributed by atoms with Crippen LogP contribution < -0.4 is 5.73 Å². The second-order valence-electron chi connectivity index (χ2n) is 2.94. The highest BCUT2D eigenvalue weighted by atomic mass is 32.2. The number of rotatable bonds is 2. The number of hydrogen-bond acceptors (Lipinski definition) is 6. The van der Waals surface area contributed by atoms with Crippen LogP contribution in [0.2, 0.25) is 0 Å². The zero-order valence-corrected chi connectivity index (χ0v) is 8.90. The van der Waals surface area contributed by atoms with Crippen LogP contribution in [0.5, 0.6) is 0 Å². The molecule has 13 heavy (non-hydrogen) atoms. The van der Waals surface area contributed by atoms with Gasteiger partial charge in [0.1, 0.15) is 0 Å². The van der Waals surface area contributed by atoms with Crippen LogP contribution in [-0.2, 0) is 4.74 Å². The van der Waals surface area contributed by atoms with E-state index in [0.717, 1.165) is 18.2 Å². The van der Waals surface area contributed by atoms with Crippen molar-refractivity contribution in [3.8, 4) is 0 Å². The Labute approximate surface area is 85.0 Å². The molecule has 1 aromatic rings. The average Bonchev–Trinajstić information content (AvgIpc) is 2.64. The van der Waals surface area contributed by atoms with Crippen molar-refractivity contribution in [2.45, 2.75) is 29.9 Å². The number of aromatic nitrogens is 2. The minimum absolute atomic E-state index is 0.301. The van der Waals surface area contributed by atoms with Crippen LogP contribution in [0, 0.1) is 0 Å². The van der Waals surface area contributed by atoms with Gasteiger partial charge in [0.25, 0.3) is 0 Å². The van der Waals surface area contributed by atoms with Crippen molar-refractivity contribution in [1.82, 2.24) is 9.36 Å². The summed E-state index contributed by atoms with van der Waals surface area (Å²) in [6, 6.07) is 0.